The van der Waals surface area contributed by atoms with Gasteiger partial charge in [-0.15, -0.1) is 0 Å². The lowest BCUT2D eigenvalue weighted by Crippen LogP contribution is -2.25. The molecular formula is C13H17BrFNO2. The molecule has 2 unspecified atom stereocenters. The van der Waals surface area contributed by atoms with E-state index in [1.807, 2.05) is 7.05 Å². The standard InChI is InChI=1S/C13H17BrFNO2/c1-16-7-10-2-3-11(18-10)8-17-9-4-5-12(14)13(15)6-9/h4-6,10-11,16H,2-3,7-8H2,1H3. The number of ether oxygens (including phenoxy) is 2. The van der Waals surface area contributed by atoms with Crippen LogP contribution in [0.15, 0.2) is 22.7 Å². The van der Waals surface area contributed by atoms with Gasteiger partial charge in [-0.05, 0) is 48.0 Å². The third-order valence-corrected chi connectivity index (χ3v) is 3.60. The van der Waals surface area contributed by atoms with Crippen molar-refractivity contribution in [1.29, 1.82) is 0 Å². The first kappa shape index (κ1) is 13.8. The van der Waals surface area contributed by atoms with Crippen LogP contribution >= 0.6 is 15.9 Å². The van der Waals surface area contributed by atoms with Crippen molar-refractivity contribution < 1.29 is 13.9 Å². The number of halogens is 2. The Morgan fingerprint density at radius 3 is 2.94 bits per heavy atom. The van der Waals surface area contributed by atoms with Crippen molar-refractivity contribution in [2.45, 2.75) is 25.0 Å². The van der Waals surface area contributed by atoms with E-state index in [9.17, 15) is 4.39 Å². The molecule has 3 nitrogen and oxygen atoms in total. The molecule has 1 heterocycles. The molecule has 2 rings (SSSR count). The Labute approximate surface area is 115 Å². The van der Waals surface area contributed by atoms with Crippen molar-refractivity contribution in [3.63, 3.8) is 0 Å². The molecule has 0 aromatic heterocycles. The van der Waals surface area contributed by atoms with Gasteiger partial charge in [0.05, 0.1) is 16.7 Å². The molecule has 0 saturated carbocycles. The topological polar surface area (TPSA) is 30.5 Å². The number of likely N-dealkylation sites (N-methyl/N-ethyl adjacent to an activating group) is 1. The molecule has 1 fully saturated rings. The summed E-state index contributed by atoms with van der Waals surface area (Å²) in [5.74, 6) is 0.226. The highest BCUT2D eigenvalue weighted by Gasteiger charge is 2.25. The summed E-state index contributed by atoms with van der Waals surface area (Å²) in [5, 5.41) is 3.10. The van der Waals surface area contributed by atoms with Crippen LogP contribution in [0.5, 0.6) is 5.75 Å². The highest BCUT2D eigenvalue weighted by molar-refractivity contribution is 9.10. The molecule has 1 aliphatic heterocycles. The lowest BCUT2D eigenvalue weighted by atomic mass is 10.2. The Bertz CT molecular complexity index is 403. The van der Waals surface area contributed by atoms with E-state index in [1.54, 1.807) is 12.1 Å². The Hall–Kier alpha value is -0.650. The second-order valence-electron chi connectivity index (χ2n) is 4.40. The minimum absolute atomic E-state index is 0.107. The summed E-state index contributed by atoms with van der Waals surface area (Å²) < 4.78 is 25.1. The number of hydrogen-bond donors (Lipinski definition) is 1. The van der Waals surface area contributed by atoms with E-state index in [1.165, 1.54) is 6.07 Å². The maximum Gasteiger partial charge on any atom is 0.141 e. The van der Waals surface area contributed by atoms with Crippen molar-refractivity contribution >= 4 is 15.9 Å². The van der Waals surface area contributed by atoms with Gasteiger partial charge < -0.3 is 14.8 Å². The summed E-state index contributed by atoms with van der Waals surface area (Å²) in [4.78, 5) is 0. The highest BCUT2D eigenvalue weighted by atomic mass is 79.9. The molecule has 0 bridgehead atoms. The normalized spacial score (nSPS) is 23.3. The van der Waals surface area contributed by atoms with Gasteiger partial charge in [0, 0.05) is 12.6 Å². The molecule has 0 spiro atoms. The van der Waals surface area contributed by atoms with Crippen LogP contribution < -0.4 is 10.1 Å². The molecule has 100 valence electrons. The van der Waals surface area contributed by atoms with Crippen LogP contribution in [-0.4, -0.2) is 32.4 Å². The van der Waals surface area contributed by atoms with Crippen molar-refractivity contribution in [2.75, 3.05) is 20.2 Å². The molecular weight excluding hydrogens is 301 g/mol. The number of rotatable bonds is 5. The van der Waals surface area contributed by atoms with Gasteiger partial charge >= 0.3 is 0 Å². The van der Waals surface area contributed by atoms with Crippen LogP contribution in [0.1, 0.15) is 12.8 Å². The van der Waals surface area contributed by atoms with Crippen LogP contribution in [-0.2, 0) is 4.74 Å². The zero-order valence-corrected chi connectivity index (χ0v) is 11.9. The van der Waals surface area contributed by atoms with E-state index in [0.717, 1.165) is 19.4 Å². The maximum atomic E-state index is 13.3. The molecule has 5 heteroatoms. The van der Waals surface area contributed by atoms with Crippen molar-refractivity contribution in [3.8, 4) is 5.75 Å². The third-order valence-electron chi connectivity index (χ3n) is 2.95. The van der Waals surface area contributed by atoms with E-state index in [-0.39, 0.29) is 18.0 Å². The summed E-state index contributed by atoms with van der Waals surface area (Å²) in [6.07, 6.45) is 2.41. The fourth-order valence-corrected chi connectivity index (χ4v) is 2.28. The Morgan fingerprint density at radius 1 is 1.44 bits per heavy atom. The Balaban J connectivity index is 1.80. The fraction of sp³-hybridized carbons (Fsp3) is 0.538. The van der Waals surface area contributed by atoms with Gasteiger partial charge in [0.25, 0.3) is 0 Å². The third kappa shape index (κ3) is 3.67. The van der Waals surface area contributed by atoms with Gasteiger partial charge in [0.15, 0.2) is 0 Å². The lowest BCUT2D eigenvalue weighted by molar-refractivity contribution is 0.0193. The van der Waals surface area contributed by atoms with Crippen LogP contribution in [0, 0.1) is 5.82 Å². The zero-order chi connectivity index (χ0) is 13.0. The molecule has 0 radical (unpaired) electrons. The fourth-order valence-electron chi connectivity index (χ4n) is 2.04. The predicted molar refractivity (Wildman–Crippen MR) is 71.4 cm³/mol. The van der Waals surface area contributed by atoms with E-state index in [4.69, 9.17) is 9.47 Å². The minimum atomic E-state index is -0.312. The molecule has 1 aliphatic rings. The van der Waals surface area contributed by atoms with Gasteiger partial charge in [-0.2, -0.15) is 0 Å². The monoisotopic (exact) mass is 317 g/mol. The Kier molecular flexibility index (Phi) is 4.97. The van der Waals surface area contributed by atoms with E-state index in [2.05, 4.69) is 21.2 Å². The molecule has 1 aromatic carbocycles. The van der Waals surface area contributed by atoms with E-state index >= 15 is 0 Å². The van der Waals surface area contributed by atoms with Gasteiger partial charge in [0.2, 0.25) is 0 Å². The van der Waals surface area contributed by atoms with Gasteiger partial charge in [-0.3, -0.25) is 0 Å². The van der Waals surface area contributed by atoms with Crippen molar-refractivity contribution in [3.05, 3.63) is 28.5 Å². The molecule has 1 saturated heterocycles. The summed E-state index contributed by atoms with van der Waals surface area (Å²) in [6.45, 7) is 1.34. The summed E-state index contributed by atoms with van der Waals surface area (Å²) in [6, 6.07) is 4.77. The first-order valence-electron chi connectivity index (χ1n) is 6.07. The second-order valence-corrected chi connectivity index (χ2v) is 5.26. The average Bonchev–Trinajstić information content (AvgIpc) is 2.79. The smallest absolute Gasteiger partial charge is 0.141 e. The van der Waals surface area contributed by atoms with Crippen LogP contribution in [0.3, 0.4) is 0 Å². The van der Waals surface area contributed by atoms with Gasteiger partial charge in [-0.1, -0.05) is 0 Å². The molecule has 1 N–H and O–H groups in total. The second kappa shape index (κ2) is 6.50. The van der Waals surface area contributed by atoms with Gasteiger partial charge in [-0.25, -0.2) is 4.39 Å². The predicted octanol–water partition coefficient (Wildman–Crippen LogP) is 2.73. The van der Waals surface area contributed by atoms with E-state index in [0.29, 0.717) is 16.8 Å². The lowest BCUT2D eigenvalue weighted by Gasteiger charge is -2.14. The SMILES string of the molecule is CNCC1CCC(COc2ccc(Br)c(F)c2)O1. The molecule has 18 heavy (non-hydrogen) atoms. The maximum absolute atomic E-state index is 13.3. The van der Waals surface area contributed by atoms with Gasteiger partial charge in [0.1, 0.15) is 18.2 Å². The van der Waals surface area contributed by atoms with Crippen molar-refractivity contribution in [2.24, 2.45) is 0 Å². The first-order chi connectivity index (χ1) is 8.69. The van der Waals surface area contributed by atoms with E-state index < -0.39 is 0 Å². The molecule has 1 aromatic rings. The van der Waals surface area contributed by atoms with Crippen LogP contribution in [0.2, 0.25) is 0 Å². The summed E-state index contributed by atoms with van der Waals surface area (Å²) >= 11 is 3.11. The largest absolute Gasteiger partial charge is 0.491 e. The number of benzene rings is 1. The number of nitrogens with one attached hydrogen (secondary N) is 1. The summed E-state index contributed by atoms with van der Waals surface area (Å²) in [7, 11) is 1.91. The zero-order valence-electron chi connectivity index (χ0n) is 10.3. The molecule has 2 atom stereocenters. The van der Waals surface area contributed by atoms with Crippen LogP contribution in [0.4, 0.5) is 4.39 Å². The Morgan fingerprint density at radius 2 is 2.22 bits per heavy atom. The highest BCUT2D eigenvalue weighted by Crippen LogP contribution is 2.23. The average molecular weight is 318 g/mol. The van der Waals surface area contributed by atoms with Crippen molar-refractivity contribution in [1.82, 2.24) is 5.32 Å². The minimum Gasteiger partial charge on any atom is -0.491 e. The number of hydrogen-bond acceptors (Lipinski definition) is 3. The first-order valence-corrected chi connectivity index (χ1v) is 6.86. The summed E-state index contributed by atoms with van der Waals surface area (Å²) in [5.41, 5.74) is 0. The quantitative estimate of drug-likeness (QED) is 0.905. The van der Waals surface area contributed by atoms with Crippen LogP contribution in [0.25, 0.3) is 0 Å². The molecule has 0 amide bonds. The molecule has 0 aliphatic carbocycles.